The number of hydrogen-bond donors (Lipinski definition) is 1. The van der Waals surface area contributed by atoms with Gasteiger partial charge in [-0.3, -0.25) is 4.79 Å². The molecule has 0 amide bonds. The minimum Gasteiger partial charge on any atom is -0.507 e. The first-order valence-corrected chi connectivity index (χ1v) is 8.59. The molecule has 124 valence electrons. The summed E-state index contributed by atoms with van der Waals surface area (Å²) >= 11 is 0. The van der Waals surface area contributed by atoms with E-state index in [1.54, 1.807) is 19.2 Å². The molecule has 0 unspecified atom stereocenters. The van der Waals surface area contributed by atoms with E-state index in [4.69, 9.17) is 4.74 Å². The number of Topliss-reactive ketones (excluding diaryl/α,β-unsaturated/α-hetero) is 1. The van der Waals surface area contributed by atoms with Crippen LogP contribution in [0.4, 0.5) is 0 Å². The number of rotatable bonds is 12. The van der Waals surface area contributed by atoms with Gasteiger partial charge in [0.2, 0.25) is 0 Å². The number of carbonyl (C=O) groups excluding carboxylic acids is 1. The van der Waals surface area contributed by atoms with E-state index < -0.39 is 0 Å². The predicted molar refractivity (Wildman–Crippen MR) is 90.8 cm³/mol. The smallest absolute Gasteiger partial charge is 0.166 e. The number of ether oxygens (including phenoxy) is 1. The van der Waals surface area contributed by atoms with E-state index >= 15 is 0 Å². The third kappa shape index (κ3) is 6.97. The maximum atomic E-state index is 12.1. The van der Waals surface area contributed by atoms with Crippen LogP contribution in [0.5, 0.6) is 11.5 Å². The lowest BCUT2D eigenvalue weighted by molar-refractivity contribution is 0.0976. The Morgan fingerprint density at radius 3 is 2.14 bits per heavy atom. The van der Waals surface area contributed by atoms with Crippen molar-refractivity contribution < 1.29 is 14.6 Å². The number of methoxy groups -OCH3 is 1. The van der Waals surface area contributed by atoms with Gasteiger partial charge in [-0.25, -0.2) is 0 Å². The monoisotopic (exact) mass is 306 g/mol. The van der Waals surface area contributed by atoms with E-state index in [1.165, 1.54) is 51.0 Å². The lowest BCUT2D eigenvalue weighted by Crippen LogP contribution is -1.99. The molecule has 0 saturated carbocycles. The average molecular weight is 306 g/mol. The molecular weight excluding hydrogens is 276 g/mol. The number of ketones is 1. The zero-order valence-electron chi connectivity index (χ0n) is 14.1. The summed E-state index contributed by atoms with van der Waals surface area (Å²) in [5, 5.41) is 9.84. The Morgan fingerprint density at radius 1 is 1.00 bits per heavy atom. The molecule has 0 atom stereocenters. The van der Waals surface area contributed by atoms with Crippen LogP contribution in [0, 0.1) is 0 Å². The van der Waals surface area contributed by atoms with Crippen LogP contribution in [-0.4, -0.2) is 18.0 Å². The summed E-state index contributed by atoms with van der Waals surface area (Å²) in [6.45, 7) is 2.23. The molecule has 1 aromatic carbocycles. The number of unbranched alkanes of at least 4 members (excludes halogenated alkanes) is 8. The number of phenols is 1. The molecule has 1 rings (SSSR count). The highest BCUT2D eigenvalue weighted by Crippen LogP contribution is 2.25. The topological polar surface area (TPSA) is 46.5 Å². The third-order valence-electron chi connectivity index (χ3n) is 4.01. The van der Waals surface area contributed by atoms with Gasteiger partial charge >= 0.3 is 0 Å². The summed E-state index contributed by atoms with van der Waals surface area (Å²) in [7, 11) is 1.54. The number of aromatic hydroxyl groups is 1. The first-order chi connectivity index (χ1) is 10.7. The summed E-state index contributed by atoms with van der Waals surface area (Å²) < 4.78 is 5.02. The van der Waals surface area contributed by atoms with E-state index in [2.05, 4.69) is 6.92 Å². The van der Waals surface area contributed by atoms with Crippen molar-refractivity contribution in [2.24, 2.45) is 0 Å². The average Bonchev–Trinajstić information content (AvgIpc) is 2.52. The third-order valence-corrected chi connectivity index (χ3v) is 4.01. The van der Waals surface area contributed by atoms with E-state index in [9.17, 15) is 9.90 Å². The maximum absolute atomic E-state index is 12.1. The van der Waals surface area contributed by atoms with Crippen molar-refractivity contribution in [2.45, 2.75) is 71.1 Å². The molecular formula is C19H30O3. The lowest BCUT2D eigenvalue weighted by Gasteiger charge is -2.06. The molecule has 3 heteroatoms. The number of benzene rings is 1. The van der Waals surface area contributed by atoms with Crippen LogP contribution in [0.25, 0.3) is 0 Å². The minimum absolute atomic E-state index is 0.0141. The van der Waals surface area contributed by atoms with Crippen molar-refractivity contribution in [3.8, 4) is 11.5 Å². The molecule has 0 heterocycles. The van der Waals surface area contributed by atoms with E-state index in [0.717, 1.165) is 12.8 Å². The largest absolute Gasteiger partial charge is 0.507 e. The SMILES string of the molecule is CCCCCCCCCCCC(=O)c1ccc(OC)cc1O. The lowest BCUT2D eigenvalue weighted by atomic mass is 10.0. The zero-order valence-corrected chi connectivity index (χ0v) is 14.1. The van der Waals surface area contributed by atoms with Crippen molar-refractivity contribution in [3.63, 3.8) is 0 Å². The molecule has 0 saturated heterocycles. The molecule has 0 fully saturated rings. The molecule has 0 aliphatic rings. The van der Waals surface area contributed by atoms with Crippen LogP contribution in [-0.2, 0) is 0 Å². The van der Waals surface area contributed by atoms with Crippen LogP contribution < -0.4 is 4.74 Å². The Morgan fingerprint density at radius 2 is 1.59 bits per heavy atom. The van der Waals surface area contributed by atoms with Gasteiger partial charge in [-0.1, -0.05) is 58.3 Å². The summed E-state index contributed by atoms with van der Waals surface area (Å²) in [6.07, 6.45) is 11.6. The summed E-state index contributed by atoms with van der Waals surface area (Å²) in [6, 6.07) is 4.84. The molecule has 1 N–H and O–H groups in total. The molecule has 0 aliphatic heterocycles. The summed E-state index contributed by atoms with van der Waals surface area (Å²) in [5.74, 6) is 0.598. The van der Waals surface area contributed by atoms with Gasteiger partial charge in [0.15, 0.2) is 5.78 Å². The van der Waals surface area contributed by atoms with Gasteiger partial charge in [0.25, 0.3) is 0 Å². The fourth-order valence-corrected chi connectivity index (χ4v) is 2.61. The number of hydrogen-bond acceptors (Lipinski definition) is 3. The van der Waals surface area contributed by atoms with E-state index in [1.807, 2.05) is 0 Å². The second-order valence-corrected chi connectivity index (χ2v) is 5.88. The molecule has 0 radical (unpaired) electrons. The van der Waals surface area contributed by atoms with Gasteiger partial charge in [-0.15, -0.1) is 0 Å². The Kier molecular flexibility index (Phi) is 9.36. The van der Waals surface area contributed by atoms with Gasteiger partial charge < -0.3 is 9.84 Å². The van der Waals surface area contributed by atoms with Crippen molar-refractivity contribution in [1.82, 2.24) is 0 Å². The zero-order chi connectivity index (χ0) is 16.2. The van der Waals surface area contributed by atoms with Gasteiger partial charge in [0.1, 0.15) is 11.5 Å². The fraction of sp³-hybridized carbons (Fsp3) is 0.632. The standard InChI is InChI=1S/C19H30O3/c1-3-4-5-6-7-8-9-10-11-12-18(20)17-14-13-16(22-2)15-19(17)21/h13-15,21H,3-12H2,1-2H3. The van der Waals surface area contributed by atoms with Gasteiger partial charge in [-0.05, 0) is 18.6 Å². The maximum Gasteiger partial charge on any atom is 0.166 e. The van der Waals surface area contributed by atoms with Gasteiger partial charge in [-0.2, -0.15) is 0 Å². The van der Waals surface area contributed by atoms with Crippen molar-refractivity contribution in [2.75, 3.05) is 7.11 Å². The molecule has 0 aromatic heterocycles. The predicted octanol–water partition coefficient (Wildman–Crippen LogP) is 5.50. The van der Waals surface area contributed by atoms with E-state index in [0.29, 0.717) is 17.7 Å². The molecule has 3 nitrogen and oxygen atoms in total. The Balaban J connectivity index is 2.16. The first-order valence-electron chi connectivity index (χ1n) is 8.59. The highest BCUT2D eigenvalue weighted by atomic mass is 16.5. The van der Waals surface area contributed by atoms with Crippen LogP contribution in [0.1, 0.15) is 81.5 Å². The van der Waals surface area contributed by atoms with Crippen LogP contribution in [0.15, 0.2) is 18.2 Å². The van der Waals surface area contributed by atoms with Crippen LogP contribution >= 0.6 is 0 Å². The Hall–Kier alpha value is -1.51. The van der Waals surface area contributed by atoms with Gasteiger partial charge in [0.05, 0.1) is 12.7 Å². The van der Waals surface area contributed by atoms with Crippen molar-refractivity contribution in [3.05, 3.63) is 23.8 Å². The van der Waals surface area contributed by atoms with Gasteiger partial charge in [0, 0.05) is 12.5 Å². The van der Waals surface area contributed by atoms with E-state index in [-0.39, 0.29) is 11.5 Å². The molecule has 1 aromatic rings. The quantitative estimate of drug-likeness (QED) is 0.409. The summed E-state index contributed by atoms with van der Waals surface area (Å²) in [4.78, 5) is 12.1. The van der Waals surface area contributed by atoms with Crippen LogP contribution in [0.2, 0.25) is 0 Å². The highest BCUT2D eigenvalue weighted by Gasteiger charge is 2.11. The van der Waals surface area contributed by atoms with Crippen molar-refractivity contribution in [1.29, 1.82) is 0 Å². The van der Waals surface area contributed by atoms with Crippen molar-refractivity contribution >= 4 is 5.78 Å². The summed E-state index contributed by atoms with van der Waals surface area (Å²) in [5.41, 5.74) is 0.403. The second-order valence-electron chi connectivity index (χ2n) is 5.88. The number of carbonyl (C=O) groups is 1. The molecule has 0 aliphatic carbocycles. The Bertz CT molecular complexity index is 440. The molecule has 0 bridgehead atoms. The van der Waals surface area contributed by atoms with Crippen LogP contribution in [0.3, 0.4) is 0 Å². The minimum atomic E-state index is 0.0141. The fourth-order valence-electron chi connectivity index (χ4n) is 2.61. The second kappa shape index (κ2) is 11.1. The molecule has 22 heavy (non-hydrogen) atoms. The molecule has 0 spiro atoms. The highest BCUT2D eigenvalue weighted by molar-refractivity contribution is 5.98. The first kappa shape index (κ1) is 18.5. The normalized spacial score (nSPS) is 10.6. The number of phenolic OH excluding ortho intramolecular Hbond substituents is 1. The Labute approximate surface area is 134 Å².